The standard InChI is InChI=1S/C19H19BrFNO3/c1-3-17(13-6-4-12(2)5-7-13)22-18(23)11-25-19(24)15-10-14(20)8-9-16(15)21/h4-10,17H,3,11H2,1-2H3,(H,22,23)/t17-/m1/s1. The number of carbonyl (C=O) groups is 2. The van der Waals surface area contributed by atoms with E-state index in [2.05, 4.69) is 21.2 Å². The zero-order chi connectivity index (χ0) is 18.4. The van der Waals surface area contributed by atoms with Gasteiger partial charge >= 0.3 is 5.97 Å². The first-order chi connectivity index (χ1) is 11.9. The summed E-state index contributed by atoms with van der Waals surface area (Å²) in [6.07, 6.45) is 0.697. The third-order valence-corrected chi connectivity index (χ3v) is 4.20. The van der Waals surface area contributed by atoms with Gasteiger partial charge < -0.3 is 10.1 Å². The van der Waals surface area contributed by atoms with Crippen molar-refractivity contribution in [2.75, 3.05) is 6.61 Å². The average molecular weight is 408 g/mol. The molecule has 1 amide bonds. The summed E-state index contributed by atoms with van der Waals surface area (Å²) < 4.78 is 19.1. The molecular weight excluding hydrogens is 389 g/mol. The number of nitrogens with one attached hydrogen (secondary N) is 1. The summed E-state index contributed by atoms with van der Waals surface area (Å²) in [5, 5.41) is 2.82. The van der Waals surface area contributed by atoms with Crippen molar-refractivity contribution < 1.29 is 18.7 Å². The van der Waals surface area contributed by atoms with Crippen LogP contribution in [0.5, 0.6) is 0 Å². The SMILES string of the molecule is CC[C@@H](NC(=O)COC(=O)c1cc(Br)ccc1F)c1ccc(C)cc1. The Morgan fingerprint density at radius 1 is 1.20 bits per heavy atom. The zero-order valence-corrected chi connectivity index (χ0v) is 15.6. The Morgan fingerprint density at radius 2 is 1.88 bits per heavy atom. The van der Waals surface area contributed by atoms with Crippen LogP contribution in [0.2, 0.25) is 0 Å². The van der Waals surface area contributed by atoms with Crippen molar-refractivity contribution in [2.24, 2.45) is 0 Å². The Hall–Kier alpha value is -2.21. The van der Waals surface area contributed by atoms with Gasteiger partial charge in [-0.3, -0.25) is 4.79 Å². The Kier molecular flexibility index (Phi) is 6.70. The fourth-order valence-electron chi connectivity index (χ4n) is 2.32. The zero-order valence-electron chi connectivity index (χ0n) is 14.0. The molecule has 132 valence electrons. The summed E-state index contributed by atoms with van der Waals surface area (Å²) >= 11 is 3.16. The van der Waals surface area contributed by atoms with Gasteiger partial charge in [-0.15, -0.1) is 0 Å². The fourth-order valence-corrected chi connectivity index (χ4v) is 2.68. The number of hydrogen-bond donors (Lipinski definition) is 1. The average Bonchev–Trinajstić information content (AvgIpc) is 2.60. The van der Waals surface area contributed by atoms with Crippen LogP contribution in [0.15, 0.2) is 46.9 Å². The summed E-state index contributed by atoms with van der Waals surface area (Å²) in [4.78, 5) is 24.0. The van der Waals surface area contributed by atoms with Crippen molar-refractivity contribution in [1.82, 2.24) is 5.32 Å². The molecule has 0 aliphatic heterocycles. The number of ether oxygens (including phenoxy) is 1. The summed E-state index contributed by atoms with van der Waals surface area (Å²) in [5.74, 6) is -2.01. The highest BCUT2D eigenvalue weighted by atomic mass is 79.9. The van der Waals surface area contributed by atoms with Crippen LogP contribution in [0.3, 0.4) is 0 Å². The molecule has 0 saturated carbocycles. The minimum Gasteiger partial charge on any atom is -0.452 e. The largest absolute Gasteiger partial charge is 0.452 e. The molecule has 0 unspecified atom stereocenters. The first-order valence-corrected chi connectivity index (χ1v) is 8.68. The molecule has 0 aliphatic rings. The number of rotatable bonds is 6. The topological polar surface area (TPSA) is 55.4 Å². The van der Waals surface area contributed by atoms with Crippen molar-refractivity contribution >= 4 is 27.8 Å². The quantitative estimate of drug-likeness (QED) is 0.725. The predicted molar refractivity (Wildman–Crippen MR) is 96.7 cm³/mol. The van der Waals surface area contributed by atoms with E-state index in [0.717, 1.165) is 17.2 Å². The molecular formula is C19H19BrFNO3. The summed E-state index contributed by atoms with van der Waals surface area (Å²) in [6.45, 7) is 3.48. The molecule has 0 fully saturated rings. The van der Waals surface area contributed by atoms with Gasteiger partial charge in [0.25, 0.3) is 5.91 Å². The summed E-state index contributed by atoms with van der Waals surface area (Å²) in [6, 6.07) is 11.6. The molecule has 25 heavy (non-hydrogen) atoms. The maximum Gasteiger partial charge on any atom is 0.341 e. The maximum atomic E-state index is 13.6. The van der Waals surface area contributed by atoms with Crippen LogP contribution in [0.25, 0.3) is 0 Å². The van der Waals surface area contributed by atoms with E-state index in [1.165, 1.54) is 12.1 Å². The Bertz CT molecular complexity index is 762. The number of halogens is 2. The van der Waals surface area contributed by atoms with Crippen molar-refractivity contribution in [3.05, 3.63) is 69.4 Å². The third-order valence-electron chi connectivity index (χ3n) is 3.71. The van der Waals surface area contributed by atoms with Gasteiger partial charge in [0.2, 0.25) is 0 Å². The van der Waals surface area contributed by atoms with Crippen LogP contribution < -0.4 is 5.32 Å². The minimum atomic E-state index is -0.877. The smallest absolute Gasteiger partial charge is 0.341 e. The van der Waals surface area contributed by atoms with Crippen LogP contribution in [-0.2, 0) is 9.53 Å². The lowest BCUT2D eigenvalue weighted by atomic mass is 10.0. The van der Waals surface area contributed by atoms with Crippen LogP contribution in [0.1, 0.15) is 40.9 Å². The Labute approximate surface area is 154 Å². The molecule has 1 N–H and O–H groups in total. The molecule has 0 spiro atoms. The van der Waals surface area contributed by atoms with E-state index in [0.29, 0.717) is 10.9 Å². The van der Waals surface area contributed by atoms with E-state index < -0.39 is 24.3 Å². The van der Waals surface area contributed by atoms with Gasteiger partial charge in [0.1, 0.15) is 5.82 Å². The van der Waals surface area contributed by atoms with E-state index in [-0.39, 0.29) is 11.6 Å². The van der Waals surface area contributed by atoms with E-state index in [4.69, 9.17) is 4.74 Å². The van der Waals surface area contributed by atoms with Gasteiger partial charge in [0.05, 0.1) is 11.6 Å². The molecule has 2 aromatic carbocycles. The van der Waals surface area contributed by atoms with Gasteiger partial charge in [-0.1, -0.05) is 52.7 Å². The minimum absolute atomic E-state index is 0.172. The highest BCUT2D eigenvalue weighted by molar-refractivity contribution is 9.10. The van der Waals surface area contributed by atoms with Crippen molar-refractivity contribution in [1.29, 1.82) is 0 Å². The molecule has 4 nitrogen and oxygen atoms in total. The van der Waals surface area contributed by atoms with Crippen molar-refractivity contribution in [3.8, 4) is 0 Å². The van der Waals surface area contributed by atoms with E-state index in [1.54, 1.807) is 0 Å². The second-order valence-corrected chi connectivity index (χ2v) is 6.56. The summed E-state index contributed by atoms with van der Waals surface area (Å²) in [7, 11) is 0. The lowest BCUT2D eigenvalue weighted by Gasteiger charge is -2.17. The van der Waals surface area contributed by atoms with E-state index in [9.17, 15) is 14.0 Å². The summed E-state index contributed by atoms with van der Waals surface area (Å²) in [5.41, 5.74) is 1.90. The molecule has 0 bridgehead atoms. The van der Waals surface area contributed by atoms with Gasteiger partial charge in [-0.25, -0.2) is 9.18 Å². The number of esters is 1. The molecule has 2 rings (SSSR count). The molecule has 0 aliphatic carbocycles. The number of carbonyl (C=O) groups excluding carboxylic acids is 2. The first kappa shape index (κ1) is 19.1. The second-order valence-electron chi connectivity index (χ2n) is 5.64. The van der Waals surface area contributed by atoms with Gasteiger partial charge in [0.15, 0.2) is 6.61 Å². The molecule has 6 heteroatoms. The van der Waals surface area contributed by atoms with E-state index in [1.807, 2.05) is 38.1 Å². The van der Waals surface area contributed by atoms with Crippen LogP contribution in [0, 0.1) is 12.7 Å². The first-order valence-electron chi connectivity index (χ1n) is 7.88. The van der Waals surface area contributed by atoms with E-state index >= 15 is 0 Å². The number of benzene rings is 2. The second kappa shape index (κ2) is 8.76. The molecule has 0 heterocycles. The molecule has 0 radical (unpaired) electrons. The van der Waals surface area contributed by atoms with Crippen molar-refractivity contribution in [2.45, 2.75) is 26.3 Å². The van der Waals surface area contributed by atoms with Crippen LogP contribution >= 0.6 is 15.9 Å². The van der Waals surface area contributed by atoms with Crippen LogP contribution in [0.4, 0.5) is 4.39 Å². The number of aryl methyl sites for hydroxylation is 1. The Morgan fingerprint density at radius 3 is 2.52 bits per heavy atom. The highest BCUT2D eigenvalue weighted by Crippen LogP contribution is 2.18. The van der Waals surface area contributed by atoms with Gasteiger partial charge in [-0.05, 0) is 37.1 Å². The fraction of sp³-hybridized carbons (Fsp3) is 0.263. The molecule has 2 aromatic rings. The highest BCUT2D eigenvalue weighted by Gasteiger charge is 2.17. The predicted octanol–water partition coefficient (Wildman–Crippen LogP) is 4.32. The Balaban J connectivity index is 1.94. The molecule has 1 atom stereocenters. The maximum absolute atomic E-state index is 13.6. The van der Waals surface area contributed by atoms with Gasteiger partial charge in [-0.2, -0.15) is 0 Å². The monoisotopic (exact) mass is 407 g/mol. The number of hydrogen-bond acceptors (Lipinski definition) is 3. The van der Waals surface area contributed by atoms with Crippen LogP contribution in [-0.4, -0.2) is 18.5 Å². The molecule has 0 saturated heterocycles. The number of amides is 1. The normalized spacial score (nSPS) is 11.7. The lowest BCUT2D eigenvalue weighted by Crippen LogP contribution is -2.32. The molecule has 0 aromatic heterocycles. The lowest BCUT2D eigenvalue weighted by molar-refractivity contribution is -0.125. The van der Waals surface area contributed by atoms with Crippen molar-refractivity contribution in [3.63, 3.8) is 0 Å². The van der Waals surface area contributed by atoms with Gasteiger partial charge in [0, 0.05) is 4.47 Å². The third kappa shape index (κ3) is 5.39.